The molecule has 5 heteroatoms. The van der Waals surface area contributed by atoms with Crippen molar-refractivity contribution in [2.24, 2.45) is 0 Å². The summed E-state index contributed by atoms with van der Waals surface area (Å²) in [7, 11) is 0. The van der Waals surface area contributed by atoms with Crippen molar-refractivity contribution in [3.8, 4) is 0 Å². The standard InChI is InChI=1S/C11H10N4O/c16-11(10-13-6-3-7-14-10)15-8-9-4-1-2-5-12-9/h1-7H,8H2,(H,15,16). The maximum Gasteiger partial charge on any atom is 0.289 e. The van der Waals surface area contributed by atoms with Gasteiger partial charge in [0.05, 0.1) is 12.2 Å². The second kappa shape index (κ2) is 4.97. The van der Waals surface area contributed by atoms with E-state index in [0.717, 1.165) is 5.69 Å². The summed E-state index contributed by atoms with van der Waals surface area (Å²) in [6.07, 6.45) is 4.74. The first kappa shape index (κ1) is 10.2. The highest BCUT2D eigenvalue weighted by molar-refractivity contribution is 5.90. The lowest BCUT2D eigenvalue weighted by Gasteiger charge is -2.02. The molecule has 0 fully saturated rings. The number of nitrogens with zero attached hydrogens (tertiary/aromatic N) is 3. The zero-order valence-electron chi connectivity index (χ0n) is 8.50. The number of pyridine rings is 1. The normalized spacial score (nSPS) is 9.75. The zero-order chi connectivity index (χ0) is 11.2. The molecular formula is C11H10N4O. The van der Waals surface area contributed by atoms with Gasteiger partial charge >= 0.3 is 0 Å². The van der Waals surface area contributed by atoms with Crippen LogP contribution in [-0.2, 0) is 6.54 Å². The second-order valence-corrected chi connectivity index (χ2v) is 3.08. The van der Waals surface area contributed by atoms with Gasteiger partial charge in [-0.1, -0.05) is 6.07 Å². The van der Waals surface area contributed by atoms with E-state index in [1.807, 2.05) is 18.2 Å². The molecule has 2 aromatic rings. The van der Waals surface area contributed by atoms with Crippen LogP contribution in [0.5, 0.6) is 0 Å². The van der Waals surface area contributed by atoms with Crippen molar-refractivity contribution < 1.29 is 4.79 Å². The SMILES string of the molecule is O=C(NCc1ccccn1)c1ncccn1. The fourth-order valence-corrected chi connectivity index (χ4v) is 1.17. The molecule has 0 aliphatic carbocycles. The van der Waals surface area contributed by atoms with Crippen LogP contribution < -0.4 is 5.32 Å². The molecule has 1 N–H and O–H groups in total. The third-order valence-electron chi connectivity index (χ3n) is 1.93. The lowest BCUT2D eigenvalue weighted by Crippen LogP contribution is -2.25. The second-order valence-electron chi connectivity index (χ2n) is 3.08. The highest BCUT2D eigenvalue weighted by atomic mass is 16.2. The minimum atomic E-state index is -0.300. The van der Waals surface area contributed by atoms with Crippen LogP contribution in [0.2, 0.25) is 0 Å². The molecule has 0 saturated heterocycles. The number of amides is 1. The molecule has 0 aromatic carbocycles. The van der Waals surface area contributed by atoms with Crippen molar-refractivity contribution in [2.75, 3.05) is 0 Å². The molecular weight excluding hydrogens is 204 g/mol. The molecule has 0 aliphatic rings. The Morgan fingerprint density at radius 1 is 1.06 bits per heavy atom. The average Bonchev–Trinajstić information content (AvgIpc) is 2.38. The summed E-state index contributed by atoms with van der Waals surface area (Å²) in [6, 6.07) is 7.20. The molecule has 5 nitrogen and oxygen atoms in total. The fraction of sp³-hybridized carbons (Fsp3) is 0.0909. The molecule has 0 aliphatic heterocycles. The van der Waals surface area contributed by atoms with Crippen LogP contribution in [0.4, 0.5) is 0 Å². The Morgan fingerprint density at radius 3 is 2.50 bits per heavy atom. The first-order chi connectivity index (χ1) is 7.86. The first-order valence-electron chi connectivity index (χ1n) is 4.81. The van der Waals surface area contributed by atoms with E-state index in [4.69, 9.17) is 0 Å². The topological polar surface area (TPSA) is 67.8 Å². The predicted octanol–water partition coefficient (Wildman–Crippen LogP) is 0.802. The van der Waals surface area contributed by atoms with Gasteiger partial charge < -0.3 is 5.32 Å². The summed E-state index contributed by atoms with van der Waals surface area (Å²) in [6.45, 7) is 0.373. The van der Waals surface area contributed by atoms with Gasteiger partial charge in [-0.05, 0) is 18.2 Å². The van der Waals surface area contributed by atoms with Gasteiger partial charge in [0, 0.05) is 18.6 Å². The van der Waals surface area contributed by atoms with Crippen molar-refractivity contribution in [1.29, 1.82) is 0 Å². The van der Waals surface area contributed by atoms with Gasteiger partial charge in [0.2, 0.25) is 5.82 Å². The lowest BCUT2D eigenvalue weighted by atomic mass is 10.3. The summed E-state index contributed by atoms with van der Waals surface area (Å²) < 4.78 is 0. The Hall–Kier alpha value is -2.30. The molecule has 0 bridgehead atoms. The van der Waals surface area contributed by atoms with Crippen LogP contribution in [0, 0.1) is 0 Å². The van der Waals surface area contributed by atoms with Crippen LogP contribution in [0.3, 0.4) is 0 Å². The number of nitrogens with one attached hydrogen (secondary N) is 1. The number of aromatic nitrogens is 3. The van der Waals surface area contributed by atoms with Crippen LogP contribution in [-0.4, -0.2) is 20.9 Å². The smallest absolute Gasteiger partial charge is 0.289 e. The minimum Gasteiger partial charge on any atom is -0.344 e. The van der Waals surface area contributed by atoms with Crippen LogP contribution in [0.15, 0.2) is 42.9 Å². The first-order valence-corrected chi connectivity index (χ1v) is 4.81. The molecule has 0 radical (unpaired) electrons. The summed E-state index contributed by atoms with van der Waals surface area (Å²) in [5.41, 5.74) is 0.798. The number of carbonyl (C=O) groups excluding carboxylic acids is 1. The molecule has 1 amide bonds. The summed E-state index contributed by atoms with van der Waals surface area (Å²) in [5, 5.41) is 2.69. The van der Waals surface area contributed by atoms with Gasteiger partial charge in [-0.15, -0.1) is 0 Å². The molecule has 0 unspecified atom stereocenters. The number of hydrogen-bond acceptors (Lipinski definition) is 4. The Balaban J connectivity index is 1.95. The van der Waals surface area contributed by atoms with E-state index in [-0.39, 0.29) is 11.7 Å². The third kappa shape index (κ3) is 2.60. The maximum atomic E-state index is 11.6. The van der Waals surface area contributed by atoms with E-state index >= 15 is 0 Å². The van der Waals surface area contributed by atoms with Crippen LogP contribution >= 0.6 is 0 Å². The number of carbonyl (C=O) groups is 1. The Kier molecular flexibility index (Phi) is 3.18. The van der Waals surface area contributed by atoms with E-state index in [0.29, 0.717) is 6.54 Å². The van der Waals surface area contributed by atoms with Crippen molar-refractivity contribution in [3.63, 3.8) is 0 Å². The van der Waals surface area contributed by atoms with E-state index in [2.05, 4.69) is 20.3 Å². The Labute approximate surface area is 92.6 Å². The number of hydrogen-bond donors (Lipinski definition) is 1. The van der Waals surface area contributed by atoms with E-state index in [9.17, 15) is 4.79 Å². The van der Waals surface area contributed by atoms with Crippen molar-refractivity contribution >= 4 is 5.91 Å². The highest BCUT2D eigenvalue weighted by Gasteiger charge is 2.06. The van der Waals surface area contributed by atoms with E-state index in [1.54, 1.807) is 12.3 Å². The van der Waals surface area contributed by atoms with Crippen molar-refractivity contribution in [3.05, 3.63) is 54.4 Å². The third-order valence-corrected chi connectivity index (χ3v) is 1.93. The predicted molar refractivity (Wildman–Crippen MR) is 57.4 cm³/mol. The summed E-state index contributed by atoms with van der Waals surface area (Å²) in [4.78, 5) is 23.3. The molecule has 80 valence electrons. The van der Waals surface area contributed by atoms with E-state index < -0.39 is 0 Å². The van der Waals surface area contributed by atoms with Crippen molar-refractivity contribution in [2.45, 2.75) is 6.54 Å². The minimum absolute atomic E-state index is 0.165. The largest absolute Gasteiger partial charge is 0.344 e. The van der Waals surface area contributed by atoms with Crippen LogP contribution in [0.25, 0.3) is 0 Å². The molecule has 2 rings (SSSR count). The molecule has 16 heavy (non-hydrogen) atoms. The maximum absolute atomic E-state index is 11.6. The quantitative estimate of drug-likeness (QED) is 0.820. The highest BCUT2D eigenvalue weighted by Crippen LogP contribution is 1.93. The van der Waals surface area contributed by atoms with E-state index in [1.165, 1.54) is 12.4 Å². The van der Waals surface area contributed by atoms with Gasteiger partial charge in [-0.3, -0.25) is 9.78 Å². The molecule has 0 atom stereocenters. The monoisotopic (exact) mass is 214 g/mol. The fourth-order valence-electron chi connectivity index (χ4n) is 1.17. The Bertz CT molecular complexity index is 458. The molecule has 0 spiro atoms. The summed E-state index contributed by atoms with van der Waals surface area (Å²) in [5.74, 6) is -0.135. The van der Waals surface area contributed by atoms with Gasteiger partial charge in [-0.2, -0.15) is 0 Å². The van der Waals surface area contributed by atoms with Gasteiger partial charge in [0.15, 0.2) is 0 Å². The lowest BCUT2D eigenvalue weighted by molar-refractivity contribution is 0.0940. The van der Waals surface area contributed by atoms with Gasteiger partial charge in [0.25, 0.3) is 5.91 Å². The molecule has 2 aromatic heterocycles. The molecule has 2 heterocycles. The average molecular weight is 214 g/mol. The van der Waals surface area contributed by atoms with Gasteiger partial charge in [-0.25, -0.2) is 9.97 Å². The molecule has 0 saturated carbocycles. The summed E-state index contributed by atoms with van der Waals surface area (Å²) >= 11 is 0. The number of rotatable bonds is 3. The zero-order valence-corrected chi connectivity index (χ0v) is 8.50. The van der Waals surface area contributed by atoms with Gasteiger partial charge in [0.1, 0.15) is 0 Å². The Morgan fingerprint density at radius 2 is 1.81 bits per heavy atom. The van der Waals surface area contributed by atoms with Crippen LogP contribution in [0.1, 0.15) is 16.3 Å². The van der Waals surface area contributed by atoms with Crippen molar-refractivity contribution in [1.82, 2.24) is 20.3 Å².